The summed E-state index contributed by atoms with van der Waals surface area (Å²) in [7, 11) is 0. The van der Waals surface area contributed by atoms with Gasteiger partial charge in [-0.1, -0.05) is 6.42 Å². The molecule has 2 bridgehead atoms. The van der Waals surface area contributed by atoms with Crippen molar-refractivity contribution in [2.45, 2.75) is 32.1 Å². The zero-order chi connectivity index (χ0) is 6.97. The predicted octanol–water partition coefficient (Wildman–Crippen LogP) is 1.77. The molecule has 2 aliphatic carbocycles. The molecule has 0 saturated heterocycles. The zero-order valence-electron chi connectivity index (χ0n) is 6.55. The summed E-state index contributed by atoms with van der Waals surface area (Å²) in [4.78, 5) is 0. The number of hydrogen-bond acceptors (Lipinski definition) is 1. The van der Waals surface area contributed by atoms with Crippen molar-refractivity contribution in [3.05, 3.63) is 0 Å². The molecule has 2 aliphatic rings. The maximum Gasteiger partial charge on any atom is -0.00745 e. The van der Waals surface area contributed by atoms with Gasteiger partial charge in [0, 0.05) is 0 Å². The van der Waals surface area contributed by atoms with Crippen LogP contribution in [0.4, 0.5) is 0 Å². The molecule has 2 saturated carbocycles. The van der Waals surface area contributed by atoms with Gasteiger partial charge < -0.3 is 5.73 Å². The first kappa shape index (κ1) is 6.66. The van der Waals surface area contributed by atoms with E-state index < -0.39 is 0 Å². The van der Waals surface area contributed by atoms with Gasteiger partial charge in [-0.25, -0.2) is 0 Å². The highest BCUT2D eigenvalue weighted by Crippen LogP contribution is 2.49. The van der Waals surface area contributed by atoms with Gasteiger partial charge in [-0.2, -0.15) is 0 Å². The lowest BCUT2D eigenvalue weighted by Gasteiger charge is -2.20. The van der Waals surface area contributed by atoms with E-state index in [4.69, 9.17) is 5.73 Å². The summed E-state index contributed by atoms with van der Waals surface area (Å²) in [5.74, 6) is 3.19. The Balaban J connectivity index is 1.90. The fourth-order valence-corrected chi connectivity index (χ4v) is 2.94. The van der Waals surface area contributed by atoms with Gasteiger partial charge in [-0.15, -0.1) is 0 Å². The smallest absolute Gasteiger partial charge is 0.00745 e. The average Bonchev–Trinajstić information content (AvgIpc) is 2.48. The van der Waals surface area contributed by atoms with Gasteiger partial charge in [0.1, 0.15) is 0 Å². The molecule has 2 fully saturated rings. The molecule has 3 atom stereocenters. The molecule has 2 N–H and O–H groups in total. The van der Waals surface area contributed by atoms with Crippen LogP contribution in [0.3, 0.4) is 0 Å². The first-order valence-corrected chi connectivity index (χ1v) is 4.60. The molecule has 58 valence electrons. The van der Waals surface area contributed by atoms with Gasteiger partial charge in [0.25, 0.3) is 0 Å². The number of rotatable bonds is 2. The zero-order valence-corrected chi connectivity index (χ0v) is 6.55. The lowest BCUT2D eigenvalue weighted by molar-refractivity contribution is 0.318. The van der Waals surface area contributed by atoms with Crippen LogP contribution in [-0.4, -0.2) is 6.54 Å². The van der Waals surface area contributed by atoms with Crippen molar-refractivity contribution in [3.8, 4) is 0 Å². The third kappa shape index (κ3) is 0.968. The number of hydrogen-bond donors (Lipinski definition) is 1. The van der Waals surface area contributed by atoms with E-state index in [1.165, 1.54) is 32.1 Å². The molecule has 0 heterocycles. The molecule has 2 rings (SSSR count). The molecule has 1 nitrogen and oxygen atoms in total. The van der Waals surface area contributed by atoms with Crippen molar-refractivity contribution in [1.29, 1.82) is 0 Å². The fraction of sp³-hybridized carbons (Fsp3) is 1.00. The molecule has 0 spiro atoms. The highest BCUT2D eigenvalue weighted by molar-refractivity contribution is 4.89. The Labute approximate surface area is 63.0 Å². The molecule has 0 aliphatic heterocycles. The second-order valence-corrected chi connectivity index (χ2v) is 4.01. The molecule has 0 amide bonds. The number of fused-ring (bicyclic) bond motifs is 2. The Kier molecular flexibility index (Phi) is 1.69. The summed E-state index contributed by atoms with van der Waals surface area (Å²) >= 11 is 0. The maximum absolute atomic E-state index is 5.54. The van der Waals surface area contributed by atoms with E-state index in [1.54, 1.807) is 0 Å². The van der Waals surface area contributed by atoms with E-state index in [-0.39, 0.29) is 0 Å². The van der Waals surface area contributed by atoms with Gasteiger partial charge in [0.15, 0.2) is 0 Å². The number of nitrogens with two attached hydrogens (primary N) is 1. The van der Waals surface area contributed by atoms with Gasteiger partial charge in [-0.05, 0) is 50.0 Å². The Morgan fingerprint density at radius 3 is 2.60 bits per heavy atom. The molecular formula is C9H17N. The summed E-state index contributed by atoms with van der Waals surface area (Å²) < 4.78 is 0. The Morgan fingerprint density at radius 1 is 1.20 bits per heavy atom. The molecule has 0 unspecified atom stereocenters. The summed E-state index contributed by atoms with van der Waals surface area (Å²) in [6.45, 7) is 0.911. The first-order valence-electron chi connectivity index (χ1n) is 4.60. The normalized spacial score (nSPS) is 44.7. The maximum atomic E-state index is 5.54. The topological polar surface area (TPSA) is 26.0 Å². The monoisotopic (exact) mass is 139 g/mol. The van der Waals surface area contributed by atoms with Crippen LogP contribution in [0.2, 0.25) is 0 Å². The van der Waals surface area contributed by atoms with Gasteiger partial charge in [0.05, 0.1) is 0 Å². The second kappa shape index (κ2) is 2.54. The van der Waals surface area contributed by atoms with Crippen molar-refractivity contribution < 1.29 is 0 Å². The van der Waals surface area contributed by atoms with E-state index in [0.29, 0.717) is 0 Å². The summed E-state index contributed by atoms with van der Waals surface area (Å²) in [6, 6.07) is 0. The van der Waals surface area contributed by atoms with E-state index in [9.17, 15) is 0 Å². The third-order valence-corrected chi connectivity index (χ3v) is 3.42. The summed E-state index contributed by atoms with van der Waals surface area (Å²) in [5.41, 5.74) is 5.54. The standard InChI is InChI=1S/C9H17N/c10-4-3-9-6-7-1-2-8(9)5-7/h7-9H,1-6,10H2/t7-,8+,9+/m0/s1. The van der Waals surface area contributed by atoms with Crippen LogP contribution in [0.15, 0.2) is 0 Å². The first-order chi connectivity index (χ1) is 4.90. The van der Waals surface area contributed by atoms with E-state index in [2.05, 4.69) is 0 Å². The minimum atomic E-state index is 0.911. The minimum Gasteiger partial charge on any atom is -0.330 e. The lowest BCUT2D eigenvalue weighted by atomic mass is 9.86. The van der Waals surface area contributed by atoms with Gasteiger partial charge in [-0.3, -0.25) is 0 Å². The van der Waals surface area contributed by atoms with Crippen LogP contribution in [0, 0.1) is 17.8 Å². The van der Waals surface area contributed by atoms with E-state index in [0.717, 1.165) is 24.3 Å². The van der Waals surface area contributed by atoms with Crippen molar-refractivity contribution in [1.82, 2.24) is 0 Å². The molecular weight excluding hydrogens is 122 g/mol. The average molecular weight is 139 g/mol. The van der Waals surface area contributed by atoms with Crippen LogP contribution >= 0.6 is 0 Å². The highest BCUT2D eigenvalue weighted by Gasteiger charge is 2.38. The van der Waals surface area contributed by atoms with E-state index >= 15 is 0 Å². The summed E-state index contributed by atoms with van der Waals surface area (Å²) in [6.07, 6.45) is 7.36. The van der Waals surface area contributed by atoms with Crippen molar-refractivity contribution in [2.75, 3.05) is 6.54 Å². The fourth-order valence-electron chi connectivity index (χ4n) is 2.94. The predicted molar refractivity (Wildman–Crippen MR) is 42.6 cm³/mol. The van der Waals surface area contributed by atoms with Crippen molar-refractivity contribution in [3.63, 3.8) is 0 Å². The lowest BCUT2D eigenvalue weighted by Crippen LogP contribution is -2.14. The third-order valence-electron chi connectivity index (χ3n) is 3.42. The molecule has 1 heteroatoms. The summed E-state index contributed by atoms with van der Waals surface area (Å²) in [5, 5.41) is 0. The largest absolute Gasteiger partial charge is 0.330 e. The van der Waals surface area contributed by atoms with Crippen LogP contribution in [0.5, 0.6) is 0 Å². The van der Waals surface area contributed by atoms with Crippen LogP contribution in [-0.2, 0) is 0 Å². The van der Waals surface area contributed by atoms with Crippen molar-refractivity contribution >= 4 is 0 Å². The molecule has 0 aromatic rings. The second-order valence-electron chi connectivity index (χ2n) is 4.01. The highest BCUT2D eigenvalue weighted by atomic mass is 14.5. The van der Waals surface area contributed by atoms with Crippen LogP contribution in [0.1, 0.15) is 32.1 Å². The Morgan fingerprint density at radius 2 is 2.10 bits per heavy atom. The van der Waals surface area contributed by atoms with Gasteiger partial charge in [0.2, 0.25) is 0 Å². The molecule has 0 aromatic heterocycles. The Bertz CT molecular complexity index is 122. The SMILES string of the molecule is NCC[C@@H]1C[C@H]2CC[C@@H]1C2. The Hall–Kier alpha value is -0.0400. The van der Waals surface area contributed by atoms with Gasteiger partial charge >= 0.3 is 0 Å². The minimum absolute atomic E-state index is 0.911. The van der Waals surface area contributed by atoms with Crippen LogP contribution < -0.4 is 5.73 Å². The quantitative estimate of drug-likeness (QED) is 0.620. The van der Waals surface area contributed by atoms with Crippen LogP contribution in [0.25, 0.3) is 0 Å². The molecule has 0 radical (unpaired) electrons. The van der Waals surface area contributed by atoms with Crippen molar-refractivity contribution in [2.24, 2.45) is 23.5 Å². The van der Waals surface area contributed by atoms with E-state index in [1.807, 2.05) is 0 Å². The molecule has 10 heavy (non-hydrogen) atoms. The molecule has 0 aromatic carbocycles.